The smallest absolute Gasteiger partial charge is 0.264 e. The third kappa shape index (κ3) is 5.18. The molecule has 0 fully saturated rings. The zero-order chi connectivity index (χ0) is 24.0. The Morgan fingerprint density at radius 1 is 0.765 bits per heavy atom. The molecule has 1 N–H and O–H groups in total. The van der Waals surface area contributed by atoms with Crippen LogP contribution in [-0.2, 0) is 16.6 Å². The van der Waals surface area contributed by atoms with Crippen molar-refractivity contribution in [3.63, 3.8) is 0 Å². The molecule has 1 atom stereocenters. The van der Waals surface area contributed by atoms with E-state index in [9.17, 15) is 13.2 Å². The Bertz CT molecular complexity index is 1340. The molecule has 0 aliphatic carbocycles. The van der Waals surface area contributed by atoms with Crippen LogP contribution in [0, 0.1) is 0 Å². The van der Waals surface area contributed by atoms with E-state index in [0.717, 1.165) is 11.1 Å². The largest absolute Gasteiger partial charge is 0.345 e. The topological polar surface area (TPSA) is 66.5 Å². The normalized spacial score (nSPS) is 12.0. The number of carbonyl (C=O) groups excluding carboxylic acids is 1. The van der Waals surface area contributed by atoms with Gasteiger partial charge in [-0.3, -0.25) is 9.10 Å². The summed E-state index contributed by atoms with van der Waals surface area (Å²) in [5, 5.41) is 3.00. The fourth-order valence-corrected chi connectivity index (χ4v) is 5.24. The van der Waals surface area contributed by atoms with E-state index in [1.165, 1.54) is 4.31 Å². The van der Waals surface area contributed by atoms with Crippen LogP contribution in [-0.4, -0.2) is 14.3 Å². The van der Waals surface area contributed by atoms with Crippen LogP contribution >= 0.6 is 0 Å². The maximum atomic E-state index is 13.7. The Morgan fingerprint density at radius 2 is 1.29 bits per heavy atom. The zero-order valence-corrected chi connectivity index (χ0v) is 19.7. The molecule has 0 radical (unpaired) electrons. The van der Waals surface area contributed by atoms with E-state index < -0.39 is 10.0 Å². The molecule has 0 bridgehead atoms. The van der Waals surface area contributed by atoms with Crippen molar-refractivity contribution in [1.29, 1.82) is 0 Å². The molecule has 0 aliphatic heterocycles. The first kappa shape index (κ1) is 23.3. The van der Waals surface area contributed by atoms with Gasteiger partial charge in [-0.05, 0) is 42.3 Å². The van der Waals surface area contributed by atoms with Crippen LogP contribution in [0.5, 0.6) is 0 Å². The molecule has 0 spiro atoms. The van der Waals surface area contributed by atoms with E-state index in [-0.39, 0.29) is 23.4 Å². The highest BCUT2D eigenvalue weighted by molar-refractivity contribution is 7.92. The lowest BCUT2D eigenvalue weighted by Crippen LogP contribution is -2.34. The van der Waals surface area contributed by atoms with Gasteiger partial charge in [0.05, 0.1) is 28.7 Å². The molecule has 0 aromatic heterocycles. The van der Waals surface area contributed by atoms with E-state index >= 15 is 0 Å². The summed E-state index contributed by atoms with van der Waals surface area (Å²) in [5.74, 6) is -0.340. The standard InChI is InChI=1S/C28H26N2O3S/c1-22(24-15-7-3-8-16-24)29-28(31)26-19-11-12-20-27(26)30(21-23-13-5-2-6-14-23)34(32,33)25-17-9-4-10-18-25/h2-20,22H,21H2,1H3,(H,29,31). The number of sulfonamides is 1. The summed E-state index contributed by atoms with van der Waals surface area (Å²) in [7, 11) is -3.94. The van der Waals surface area contributed by atoms with Gasteiger partial charge in [0.15, 0.2) is 0 Å². The Balaban J connectivity index is 1.74. The number of carbonyl (C=O) groups is 1. The molecule has 0 heterocycles. The maximum Gasteiger partial charge on any atom is 0.264 e. The molecule has 1 unspecified atom stereocenters. The summed E-state index contributed by atoms with van der Waals surface area (Å²) in [5.41, 5.74) is 2.40. The second-order valence-electron chi connectivity index (χ2n) is 7.93. The molecule has 34 heavy (non-hydrogen) atoms. The van der Waals surface area contributed by atoms with Crippen LogP contribution in [0.3, 0.4) is 0 Å². The SMILES string of the molecule is CC(NC(=O)c1ccccc1N(Cc1ccccc1)S(=O)(=O)c1ccccc1)c1ccccc1. The second-order valence-corrected chi connectivity index (χ2v) is 9.80. The second kappa shape index (κ2) is 10.4. The lowest BCUT2D eigenvalue weighted by Gasteiger charge is -2.27. The summed E-state index contributed by atoms with van der Waals surface area (Å²) in [6.45, 7) is 1.99. The molecule has 6 heteroatoms. The van der Waals surface area contributed by atoms with Crippen LogP contribution < -0.4 is 9.62 Å². The van der Waals surface area contributed by atoms with E-state index in [2.05, 4.69) is 5.32 Å². The van der Waals surface area contributed by atoms with Crippen molar-refractivity contribution in [2.45, 2.75) is 24.4 Å². The van der Waals surface area contributed by atoms with E-state index in [1.807, 2.05) is 67.6 Å². The Morgan fingerprint density at radius 3 is 1.94 bits per heavy atom. The first-order chi connectivity index (χ1) is 16.5. The third-order valence-corrected chi connectivity index (χ3v) is 7.34. The number of hydrogen-bond donors (Lipinski definition) is 1. The molecular weight excluding hydrogens is 444 g/mol. The van der Waals surface area contributed by atoms with Gasteiger partial charge >= 0.3 is 0 Å². The van der Waals surface area contributed by atoms with Crippen molar-refractivity contribution in [3.8, 4) is 0 Å². The van der Waals surface area contributed by atoms with Crippen LogP contribution in [0.1, 0.15) is 34.5 Å². The number of nitrogens with one attached hydrogen (secondary N) is 1. The molecule has 5 nitrogen and oxygen atoms in total. The quantitative estimate of drug-likeness (QED) is 0.366. The van der Waals surface area contributed by atoms with Gasteiger partial charge in [-0.15, -0.1) is 0 Å². The molecule has 0 aliphatic rings. The predicted molar refractivity (Wildman–Crippen MR) is 135 cm³/mol. The van der Waals surface area contributed by atoms with Gasteiger partial charge < -0.3 is 5.32 Å². The van der Waals surface area contributed by atoms with Gasteiger partial charge in [0.1, 0.15) is 0 Å². The van der Waals surface area contributed by atoms with Crippen LogP contribution in [0.15, 0.2) is 120 Å². The van der Waals surface area contributed by atoms with Crippen molar-refractivity contribution < 1.29 is 13.2 Å². The maximum absolute atomic E-state index is 13.7. The fourth-order valence-electron chi connectivity index (χ4n) is 3.75. The lowest BCUT2D eigenvalue weighted by molar-refractivity contribution is 0.0940. The van der Waals surface area contributed by atoms with Crippen LogP contribution in [0.25, 0.3) is 0 Å². The number of rotatable bonds is 8. The molecule has 0 saturated heterocycles. The minimum absolute atomic E-state index is 0.0938. The van der Waals surface area contributed by atoms with Crippen LogP contribution in [0.2, 0.25) is 0 Å². The highest BCUT2D eigenvalue weighted by Gasteiger charge is 2.28. The zero-order valence-electron chi connectivity index (χ0n) is 18.8. The minimum atomic E-state index is -3.94. The monoisotopic (exact) mass is 470 g/mol. The van der Waals surface area contributed by atoms with Crippen molar-refractivity contribution in [1.82, 2.24) is 5.32 Å². The molecular formula is C28H26N2O3S. The molecule has 0 saturated carbocycles. The Hall–Kier alpha value is -3.90. The summed E-state index contributed by atoms with van der Waals surface area (Å²) in [4.78, 5) is 13.5. The lowest BCUT2D eigenvalue weighted by atomic mass is 10.1. The van der Waals surface area contributed by atoms with Gasteiger partial charge in [0.25, 0.3) is 15.9 Å². The first-order valence-electron chi connectivity index (χ1n) is 11.0. The van der Waals surface area contributed by atoms with Crippen molar-refractivity contribution >= 4 is 21.6 Å². The molecule has 172 valence electrons. The number of nitrogens with zero attached hydrogens (tertiary/aromatic N) is 1. The summed E-state index contributed by atoms with van der Waals surface area (Å²) in [6, 6.07) is 33.8. The third-order valence-electron chi connectivity index (χ3n) is 5.56. The van der Waals surface area contributed by atoms with E-state index in [4.69, 9.17) is 0 Å². The Labute approximate surface area is 200 Å². The van der Waals surface area contributed by atoms with Gasteiger partial charge in [0.2, 0.25) is 0 Å². The van der Waals surface area contributed by atoms with Gasteiger partial charge in [-0.25, -0.2) is 8.42 Å². The predicted octanol–water partition coefficient (Wildman–Crippen LogP) is 5.57. The summed E-state index contributed by atoms with van der Waals surface area (Å²) in [6.07, 6.45) is 0. The number of para-hydroxylation sites is 1. The van der Waals surface area contributed by atoms with E-state index in [0.29, 0.717) is 11.3 Å². The van der Waals surface area contributed by atoms with Gasteiger partial charge in [0, 0.05) is 0 Å². The molecule has 4 aromatic carbocycles. The van der Waals surface area contributed by atoms with E-state index in [1.54, 1.807) is 54.6 Å². The van der Waals surface area contributed by atoms with Crippen molar-refractivity contribution in [3.05, 3.63) is 132 Å². The number of hydrogen-bond acceptors (Lipinski definition) is 3. The molecule has 4 rings (SSSR count). The number of anilines is 1. The average molecular weight is 471 g/mol. The Kier molecular flexibility index (Phi) is 7.09. The highest BCUT2D eigenvalue weighted by Crippen LogP contribution is 2.29. The highest BCUT2D eigenvalue weighted by atomic mass is 32.2. The first-order valence-corrected chi connectivity index (χ1v) is 12.5. The number of benzene rings is 4. The molecule has 4 aromatic rings. The van der Waals surface area contributed by atoms with Gasteiger partial charge in [-0.2, -0.15) is 0 Å². The van der Waals surface area contributed by atoms with Crippen LogP contribution in [0.4, 0.5) is 5.69 Å². The summed E-state index contributed by atoms with van der Waals surface area (Å²) < 4.78 is 28.8. The summed E-state index contributed by atoms with van der Waals surface area (Å²) >= 11 is 0. The number of amides is 1. The van der Waals surface area contributed by atoms with Crippen molar-refractivity contribution in [2.75, 3.05) is 4.31 Å². The fraction of sp³-hybridized carbons (Fsp3) is 0.107. The van der Waals surface area contributed by atoms with Crippen molar-refractivity contribution in [2.24, 2.45) is 0 Å². The minimum Gasteiger partial charge on any atom is -0.345 e. The average Bonchev–Trinajstić information content (AvgIpc) is 2.89. The van der Waals surface area contributed by atoms with Gasteiger partial charge in [-0.1, -0.05) is 91.0 Å². The molecule has 1 amide bonds.